The molecule has 2 rings (SSSR count). The molecule has 15 heavy (non-hydrogen) atoms. The third kappa shape index (κ3) is 2.27. The second kappa shape index (κ2) is 3.90. The van der Waals surface area contributed by atoms with Crippen molar-refractivity contribution in [3.05, 3.63) is 23.5 Å². The normalized spacial score (nSPS) is 10.5. The summed E-state index contributed by atoms with van der Waals surface area (Å²) < 4.78 is 5.41. The molecule has 2 aromatic rings. The van der Waals surface area contributed by atoms with Gasteiger partial charge in [-0.1, -0.05) is 11.3 Å². The number of hydrogen-bond donors (Lipinski definition) is 2. The van der Waals surface area contributed by atoms with Gasteiger partial charge in [-0.3, -0.25) is 0 Å². The molecule has 5 nitrogen and oxygen atoms in total. The van der Waals surface area contributed by atoms with E-state index in [1.165, 1.54) is 11.3 Å². The van der Waals surface area contributed by atoms with Crippen LogP contribution in [-0.2, 0) is 6.54 Å². The first-order valence-corrected chi connectivity index (χ1v) is 5.35. The van der Waals surface area contributed by atoms with Crippen molar-refractivity contribution >= 4 is 21.5 Å². The van der Waals surface area contributed by atoms with Crippen molar-refractivity contribution in [2.24, 2.45) is 0 Å². The third-order valence-corrected chi connectivity index (χ3v) is 2.77. The maximum absolute atomic E-state index is 5.55. The summed E-state index contributed by atoms with van der Waals surface area (Å²) >= 11 is 1.40. The average molecular weight is 224 g/mol. The Balaban J connectivity index is 1.99. The molecule has 2 aromatic heterocycles. The molecular formula is C9H12N4OS. The largest absolute Gasteiger partial charge is 0.444 e. The number of thiazole rings is 1. The summed E-state index contributed by atoms with van der Waals surface area (Å²) in [5.41, 5.74) is 6.47. The Morgan fingerprint density at radius 2 is 2.33 bits per heavy atom. The average Bonchev–Trinajstić information content (AvgIpc) is 2.72. The highest BCUT2D eigenvalue weighted by Crippen LogP contribution is 2.20. The molecule has 0 aromatic carbocycles. The molecule has 0 aliphatic rings. The van der Waals surface area contributed by atoms with Crippen LogP contribution in [0.4, 0.5) is 10.1 Å². The van der Waals surface area contributed by atoms with Crippen LogP contribution < -0.4 is 11.1 Å². The Kier molecular flexibility index (Phi) is 2.59. The maximum Gasteiger partial charge on any atom is 0.214 e. The predicted octanol–water partition coefficient (Wildman–Crippen LogP) is 1.94. The van der Waals surface area contributed by atoms with Crippen LogP contribution in [0, 0.1) is 13.8 Å². The maximum atomic E-state index is 5.55. The molecule has 0 fully saturated rings. The quantitative estimate of drug-likeness (QED) is 0.833. The molecule has 0 bridgehead atoms. The lowest BCUT2D eigenvalue weighted by molar-refractivity contribution is 0.478. The highest BCUT2D eigenvalue weighted by atomic mass is 32.1. The van der Waals surface area contributed by atoms with E-state index >= 15 is 0 Å². The number of rotatable bonds is 3. The van der Waals surface area contributed by atoms with Gasteiger partial charge >= 0.3 is 0 Å². The number of oxazole rings is 1. The zero-order valence-electron chi connectivity index (χ0n) is 8.57. The van der Waals surface area contributed by atoms with Crippen molar-refractivity contribution in [3.63, 3.8) is 0 Å². The number of hydrogen-bond acceptors (Lipinski definition) is 6. The minimum absolute atomic E-state index is 0.529. The van der Waals surface area contributed by atoms with Gasteiger partial charge in [-0.2, -0.15) is 0 Å². The first-order valence-electron chi connectivity index (χ1n) is 4.53. The van der Waals surface area contributed by atoms with Crippen LogP contribution >= 0.6 is 11.3 Å². The van der Waals surface area contributed by atoms with Crippen LogP contribution in [0.2, 0.25) is 0 Å². The van der Waals surface area contributed by atoms with Gasteiger partial charge in [0.1, 0.15) is 10.8 Å². The molecule has 0 spiro atoms. The number of nitrogens with two attached hydrogens (primary N) is 1. The van der Waals surface area contributed by atoms with E-state index in [2.05, 4.69) is 15.3 Å². The fourth-order valence-electron chi connectivity index (χ4n) is 1.13. The molecule has 0 radical (unpaired) electrons. The smallest absolute Gasteiger partial charge is 0.214 e. The lowest BCUT2D eigenvalue weighted by Crippen LogP contribution is -1.98. The Morgan fingerprint density at radius 1 is 1.53 bits per heavy atom. The second-order valence-electron chi connectivity index (χ2n) is 3.17. The van der Waals surface area contributed by atoms with Crippen molar-refractivity contribution in [2.45, 2.75) is 20.4 Å². The van der Waals surface area contributed by atoms with E-state index in [1.807, 2.05) is 13.8 Å². The van der Waals surface area contributed by atoms with Crippen molar-refractivity contribution < 1.29 is 4.42 Å². The molecule has 6 heteroatoms. The highest BCUT2D eigenvalue weighted by molar-refractivity contribution is 7.19. The van der Waals surface area contributed by atoms with E-state index in [-0.39, 0.29) is 0 Å². The standard InChI is InChI=1S/C9H12N4OS/c1-5-6(2)14-8(13-5)4-12-9-11-3-7(10)15-9/h3H,4,10H2,1-2H3,(H,11,12). The fraction of sp³-hybridized carbons (Fsp3) is 0.333. The van der Waals surface area contributed by atoms with Gasteiger partial charge in [-0.05, 0) is 13.8 Å². The van der Waals surface area contributed by atoms with Gasteiger partial charge in [-0.25, -0.2) is 9.97 Å². The number of anilines is 2. The van der Waals surface area contributed by atoms with Gasteiger partial charge in [0.2, 0.25) is 5.89 Å². The second-order valence-corrected chi connectivity index (χ2v) is 4.23. The van der Waals surface area contributed by atoms with Gasteiger partial charge < -0.3 is 15.5 Å². The summed E-state index contributed by atoms with van der Waals surface area (Å²) in [6.45, 7) is 4.35. The molecule has 3 N–H and O–H groups in total. The SMILES string of the molecule is Cc1nc(CNc2ncc(N)s2)oc1C. The lowest BCUT2D eigenvalue weighted by Gasteiger charge is -1.96. The molecule has 0 amide bonds. The van der Waals surface area contributed by atoms with Crippen molar-refractivity contribution in [1.82, 2.24) is 9.97 Å². The summed E-state index contributed by atoms with van der Waals surface area (Å²) in [7, 11) is 0. The molecule has 2 heterocycles. The molecule has 80 valence electrons. The van der Waals surface area contributed by atoms with Gasteiger partial charge in [0.25, 0.3) is 0 Å². The van der Waals surface area contributed by atoms with Gasteiger partial charge in [0.15, 0.2) is 5.13 Å². The van der Waals surface area contributed by atoms with Crippen molar-refractivity contribution in [2.75, 3.05) is 11.1 Å². The van der Waals surface area contributed by atoms with Crippen LogP contribution in [0.25, 0.3) is 0 Å². The molecule has 0 aliphatic carbocycles. The third-order valence-electron chi connectivity index (χ3n) is 1.99. The number of aryl methyl sites for hydroxylation is 2. The number of aromatic nitrogens is 2. The summed E-state index contributed by atoms with van der Waals surface area (Å²) in [4.78, 5) is 8.32. The van der Waals surface area contributed by atoms with Crippen LogP contribution in [0.15, 0.2) is 10.6 Å². The zero-order chi connectivity index (χ0) is 10.8. The summed E-state index contributed by atoms with van der Waals surface area (Å²) in [6, 6.07) is 0. The monoisotopic (exact) mass is 224 g/mol. The summed E-state index contributed by atoms with van der Waals surface area (Å²) in [5, 5.41) is 4.56. The molecular weight excluding hydrogens is 212 g/mol. The van der Waals surface area contributed by atoms with Gasteiger partial charge in [0.05, 0.1) is 18.4 Å². The van der Waals surface area contributed by atoms with Crippen molar-refractivity contribution in [1.29, 1.82) is 0 Å². The Labute approximate surface area is 91.3 Å². The minimum Gasteiger partial charge on any atom is -0.444 e. The van der Waals surface area contributed by atoms with E-state index < -0.39 is 0 Å². The van der Waals surface area contributed by atoms with E-state index in [0.29, 0.717) is 17.4 Å². The van der Waals surface area contributed by atoms with E-state index in [1.54, 1.807) is 6.20 Å². The topological polar surface area (TPSA) is 77.0 Å². The molecule has 0 saturated carbocycles. The number of nitrogen functional groups attached to an aromatic ring is 1. The van der Waals surface area contributed by atoms with E-state index in [4.69, 9.17) is 10.2 Å². The predicted molar refractivity (Wildman–Crippen MR) is 59.8 cm³/mol. The molecule has 0 unspecified atom stereocenters. The van der Waals surface area contributed by atoms with Crippen molar-refractivity contribution in [3.8, 4) is 0 Å². The number of nitrogens with one attached hydrogen (secondary N) is 1. The van der Waals surface area contributed by atoms with Crippen LogP contribution in [-0.4, -0.2) is 9.97 Å². The van der Waals surface area contributed by atoms with E-state index in [9.17, 15) is 0 Å². The first kappa shape index (κ1) is 9.97. The molecule has 0 atom stereocenters. The van der Waals surface area contributed by atoms with Gasteiger partial charge in [0, 0.05) is 0 Å². The number of nitrogens with zero attached hydrogens (tertiary/aromatic N) is 2. The fourth-order valence-corrected chi connectivity index (χ4v) is 1.71. The van der Waals surface area contributed by atoms with Crippen LogP contribution in [0.3, 0.4) is 0 Å². The minimum atomic E-state index is 0.529. The van der Waals surface area contributed by atoms with Crippen LogP contribution in [0.5, 0.6) is 0 Å². The zero-order valence-corrected chi connectivity index (χ0v) is 9.39. The Hall–Kier alpha value is -1.56. The van der Waals surface area contributed by atoms with Gasteiger partial charge in [-0.15, -0.1) is 0 Å². The molecule has 0 aliphatic heterocycles. The summed E-state index contributed by atoms with van der Waals surface area (Å²) in [5.74, 6) is 1.52. The highest BCUT2D eigenvalue weighted by Gasteiger charge is 2.05. The molecule has 0 saturated heterocycles. The lowest BCUT2D eigenvalue weighted by atomic mass is 10.4. The van der Waals surface area contributed by atoms with E-state index in [0.717, 1.165) is 16.6 Å². The summed E-state index contributed by atoms with van der Waals surface area (Å²) in [6.07, 6.45) is 1.62. The Morgan fingerprint density at radius 3 is 2.87 bits per heavy atom. The van der Waals surface area contributed by atoms with Crippen LogP contribution in [0.1, 0.15) is 17.3 Å². The first-order chi connectivity index (χ1) is 7.15. The Bertz CT molecular complexity index is 443.